The lowest BCUT2D eigenvalue weighted by Crippen LogP contribution is -2.21. The summed E-state index contributed by atoms with van der Waals surface area (Å²) < 4.78 is 0. The van der Waals surface area contributed by atoms with Gasteiger partial charge in [-0.15, -0.1) is 0 Å². The summed E-state index contributed by atoms with van der Waals surface area (Å²) in [6, 6.07) is 6.84. The average Bonchev–Trinajstić information content (AvgIpc) is 2.27. The minimum atomic E-state index is 0.278. The normalized spacial score (nSPS) is 12.5. The standard InChI is InChI=1S/C17H28/c1-8-17(6,7)16-14(12(2)3)10-9-11-15(16)13(4)5/h9-13H,8H2,1-7H3. The van der Waals surface area contributed by atoms with Gasteiger partial charge in [-0.05, 0) is 40.4 Å². The maximum atomic E-state index is 2.38. The molecule has 0 N–H and O–H groups in total. The summed E-state index contributed by atoms with van der Waals surface area (Å²) >= 11 is 0. The topological polar surface area (TPSA) is 0 Å². The summed E-state index contributed by atoms with van der Waals surface area (Å²) in [6.07, 6.45) is 1.19. The molecular weight excluding hydrogens is 204 g/mol. The molecule has 0 aliphatic rings. The fraction of sp³-hybridized carbons (Fsp3) is 0.647. The Morgan fingerprint density at radius 2 is 1.35 bits per heavy atom. The number of benzene rings is 1. The molecule has 0 radical (unpaired) electrons. The van der Waals surface area contributed by atoms with Gasteiger partial charge >= 0.3 is 0 Å². The highest BCUT2D eigenvalue weighted by molar-refractivity contribution is 5.43. The molecule has 0 saturated heterocycles. The number of rotatable bonds is 4. The van der Waals surface area contributed by atoms with Crippen molar-refractivity contribution in [2.75, 3.05) is 0 Å². The van der Waals surface area contributed by atoms with Crippen LogP contribution < -0.4 is 0 Å². The van der Waals surface area contributed by atoms with Crippen molar-refractivity contribution in [3.8, 4) is 0 Å². The summed E-state index contributed by atoms with van der Waals surface area (Å²) in [7, 11) is 0. The average molecular weight is 232 g/mol. The molecule has 0 aromatic heterocycles. The molecule has 0 heterocycles. The van der Waals surface area contributed by atoms with Gasteiger partial charge < -0.3 is 0 Å². The van der Waals surface area contributed by atoms with Crippen LogP contribution in [0.25, 0.3) is 0 Å². The third-order valence-corrected chi connectivity index (χ3v) is 3.93. The summed E-state index contributed by atoms with van der Waals surface area (Å²) in [5, 5.41) is 0. The first-order chi connectivity index (χ1) is 7.81. The predicted molar refractivity (Wildman–Crippen MR) is 77.9 cm³/mol. The molecule has 0 amide bonds. The van der Waals surface area contributed by atoms with Crippen LogP contribution in [0.5, 0.6) is 0 Å². The van der Waals surface area contributed by atoms with Crippen LogP contribution in [0.2, 0.25) is 0 Å². The van der Waals surface area contributed by atoms with Crippen LogP contribution in [0.1, 0.15) is 83.4 Å². The van der Waals surface area contributed by atoms with Crippen molar-refractivity contribution >= 4 is 0 Å². The smallest absolute Gasteiger partial charge is 0.0101 e. The van der Waals surface area contributed by atoms with Gasteiger partial charge in [0.25, 0.3) is 0 Å². The zero-order valence-electron chi connectivity index (χ0n) is 12.6. The molecule has 0 bridgehead atoms. The van der Waals surface area contributed by atoms with Crippen molar-refractivity contribution in [1.29, 1.82) is 0 Å². The molecule has 0 nitrogen and oxygen atoms in total. The zero-order chi connectivity index (χ0) is 13.2. The van der Waals surface area contributed by atoms with E-state index in [-0.39, 0.29) is 5.41 Å². The monoisotopic (exact) mass is 232 g/mol. The van der Waals surface area contributed by atoms with Gasteiger partial charge in [-0.3, -0.25) is 0 Å². The molecule has 0 heteroatoms. The van der Waals surface area contributed by atoms with Crippen LogP contribution in [0, 0.1) is 0 Å². The second-order valence-corrected chi connectivity index (χ2v) is 6.36. The van der Waals surface area contributed by atoms with E-state index in [1.54, 1.807) is 5.56 Å². The molecule has 1 rings (SSSR count). The van der Waals surface area contributed by atoms with E-state index in [4.69, 9.17) is 0 Å². The first-order valence-corrected chi connectivity index (χ1v) is 6.94. The van der Waals surface area contributed by atoms with Crippen LogP contribution >= 0.6 is 0 Å². The van der Waals surface area contributed by atoms with Gasteiger partial charge in [0, 0.05) is 0 Å². The van der Waals surface area contributed by atoms with E-state index in [2.05, 4.69) is 66.7 Å². The Balaban J connectivity index is 3.50. The van der Waals surface area contributed by atoms with E-state index in [1.807, 2.05) is 0 Å². The largest absolute Gasteiger partial charge is 0.0646 e. The molecule has 0 aliphatic heterocycles. The van der Waals surface area contributed by atoms with Gasteiger partial charge in [-0.2, -0.15) is 0 Å². The van der Waals surface area contributed by atoms with Crippen molar-refractivity contribution < 1.29 is 0 Å². The zero-order valence-corrected chi connectivity index (χ0v) is 12.6. The number of hydrogen-bond acceptors (Lipinski definition) is 0. The summed E-state index contributed by atoms with van der Waals surface area (Å²) in [5.41, 5.74) is 4.93. The van der Waals surface area contributed by atoms with E-state index in [0.29, 0.717) is 11.8 Å². The highest BCUT2D eigenvalue weighted by Crippen LogP contribution is 2.38. The minimum absolute atomic E-state index is 0.278. The second kappa shape index (κ2) is 5.25. The maximum absolute atomic E-state index is 2.38. The molecule has 1 aromatic rings. The third-order valence-electron chi connectivity index (χ3n) is 3.93. The van der Waals surface area contributed by atoms with E-state index < -0.39 is 0 Å². The van der Waals surface area contributed by atoms with Crippen LogP contribution in [-0.2, 0) is 5.41 Å². The van der Waals surface area contributed by atoms with Crippen molar-refractivity contribution in [3.05, 3.63) is 34.9 Å². The van der Waals surface area contributed by atoms with Gasteiger partial charge in [-0.1, -0.05) is 66.7 Å². The van der Waals surface area contributed by atoms with E-state index in [0.717, 1.165) is 0 Å². The predicted octanol–water partition coefficient (Wildman–Crippen LogP) is 5.62. The number of hydrogen-bond donors (Lipinski definition) is 0. The Bertz CT molecular complexity index is 343. The molecule has 0 fully saturated rings. The third kappa shape index (κ3) is 2.91. The lowest BCUT2D eigenvalue weighted by atomic mass is 9.73. The van der Waals surface area contributed by atoms with E-state index in [9.17, 15) is 0 Å². The first kappa shape index (κ1) is 14.3. The first-order valence-electron chi connectivity index (χ1n) is 6.94. The van der Waals surface area contributed by atoms with E-state index in [1.165, 1.54) is 17.5 Å². The Morgan fingerprint density at radius 1 is 0.941 bits per heavy atom. The fourth-order valence-electron chi connectivity index (χ4n) is 2.51. The summed E-state index contributed by atoms with van der Waals surface area (Å²) in [6.45, 7) is 16.2. The highest BCUT2D eigenvalue weighted by atomic mass is 14.3. The second-order valence-electron chi connectivity index (χ2n) is 6.36. The Kier molecular flexibility index (Phi) is 4.41. The molecule has 0 aliphatic carbocycles. The lowest BCUT2D eigenvalue weighted by Gasteiger charge is -2.32. The van der Waals surface area contributed by atoms with Crippen molar-refractivity contribution in [2.24, 2.45) is 0 Å². The molecule has 1 aromatic carbocycles. The van der Waals surface area contributed by atoms with Gasteiger partial charge in [0.05, 0.1) is 0 Å². The van der Waals surface area contributed by atoms with Crippen molar-refractivity contribution in [2.45, 2.75) is 72.1 Å². The summed E-state index contributed by atoms with van der Waals surface area (Å²) in [5.74, 6) is 1.21. The quantitative estimate of drug-likeness (QED) is 0.632. The van der Waals surface area contributed by atoms with Gasteiger partial charge in [0.15, 0.2) is 0 Å². The molecular formula is C17H28. The SMILES string of the molecule is CCC(C)(C)c1c(C(C)C)cccc1C(C)C. The van der Waals surface area contributed by atoms with Gasteiger partial charge in [0.1, 0.15) is 0 Å². The highest BCUT2D eigenvalue weighted by Gasteiger charge is 2.26. The molecule has 0 spiro atoms. The van der Waals surface area contributed by atoms with Crippen LogP contribution in [0.15, 0.2) is 18.2 Å². The molecule has 0 unspecified atom stereocenters. The van der Waals surface area contributed by atoms with Crippen LogP contribution in [0.3, 0.4) is 0 Å². The molecule has 0 atom stereocenters. The Labute approximate surface area is 107 Å². The fourth-order valence-corrected chi connectivity index (χ4v) is 2.51. The lowest BCUT2D eigenvalue weighted by molar-refractivity contribution is 0.490. The maximum Gasteiger partial charge on any atom is -0.0101 e. The van der Waals surface area contributed by atoms with Crippen LogP contribution in [-0.4, -0.2) is 0 Å². The van der Waals surface area contributed by atoms with Crippen molar-refractivity contribution in [1.82, 2.24) is 0 Å². The van der Waals surface area contributed by atoms with Gasteiger partial charge in [0.2, 0.25) is 0 Å². The van der Waals surface area contributed by atoms with Crippen LogP contribution in [0.4, 0.5) is 0 Å². The Morgan fingerprint density at radius 3 is 1.65 bits per heavy atom. The molecule has 0 saturated carbocycles. The summed E-state index contributed by atoms with van der Waals surface area (Å²) in [4.78, 5) is 0. The minimum Gasteiger partial charge on any atom is -0.0646 e. The van der Waals surface area contributed by atoms with Gasteiger partial charge in [-0.25, -0.2) is 0 Å². The van der Waals surface area contributed by atoms with Crippen molar-refractivity contribution in [3.63, 3.8) is 0 Å². The Hall–Kier alpha value is -0.780. The molecule has 96 valence electrons. The van der Waals surface area contributed by atoms with E-state index >= 15 is 0 Å². The molecule has 17 heavy (non-hydrogen) atoms.